The van der Waals surface area contributed by atoms with Gasteiger partial charge in [0.05, 0.1) is 6.61 Å². The van der Waals surface area contributed by atoms with Gasteiger partial charge in [0.2, 0.25) is 0 Å². The molecule has 3 N–H and O–H groups in total. The standard InChI is InChI=1S/C19H31NO2/c1-2-22-13-5-3-4-6-16-7-9-17(10-8-16)18-11-12-19(20,14-18)15-21/h7-10,18,21H,2-6,11-15,20H2,1H3/t18-,19-/m1/s1. The molecule has 0 amide bonds. The summed E-state index contributed by atoms with van der Waals surface area (Å²) in [5, 5.41) is 9.37. The van der Waals surface area contributed by atoms with Gasteiger partial charge in [-0.15, -0.1) is 0 Å². The lowest BCUT2D eigenvalue weighted by atomic mass is 9.92. The number of hydrogen-bond donors (Lipinski definition) is 2. The Kier molecular flexibility index (Phi) is 6.87. The van der Waals surface area contributed by atoms with Crippen molar-refractivity contribution in [2.45, 2.75) is 63.3 Å². The van der Waals surface area contributed by atoms with Crippen molar-refractivity contribution in [2.24, 2.45) is 5.73 Å². The first-order valence-electron chi connectivity index (χ1n) is 8.73. The van der Waals surface area contributed by atoms with Gasteiger partial charge in [-0.25, -0.2) is 0 Å². The lowest BCUT2D eigenvalue weighted by molar-refractivity contribution is 0.143. The van der Waals surface area contributed by atoms with Gasteiger partial charge >= 0.3 is 0 Å². The first-order chi connectivity index (χ1) is 10.7. The summed E-state index contributed by atoms with van der Waals surface area (Å²) in [5.74, 6) is 0.511. The van der Waals surface area contributed by atoms with Crippen molar-refractivity contribution in [2.75, 3.05) is 19.8 Å². The quantitative estimate of drug-likeness (QED) is 0.688. The summed E-state index contributed by atoms with van der Waals surface area (Å²) >= 11 is 0. The molecule has 0 aromatic heterocycles. The van der Waals surface area contributed by atoms with Crippen molar-refractivity contribution in [3.63, 3.8) is 0 Å². The molecule has 1 saturated carbocycles. The molecule has 124 valence electrons. The van der Waals surface area contributed by atoms with Crippen LogP contribution in [0.3, 0.4) is 0 Å². The van der Waals surface area contributed by atoms with E-state index in [9.17, 15) is 5.11 Å². The average molecular weight is 305 g/mol. The van der Waals surface area contributed by atoms with Gasteiger partial charge in [0.15, 0.2) is 0 Å². The first-order valence-corrected chi connectivity index (χ1v) is 8.73. The number of ether oxygens (including phenoxy) is 1. The molecule has 2 atom stereocenters. The summed E-state index contributed by atoms with van der Waals surface area (Å²) in [6, 6.07) is 9.02. The number of hydrogen-bond acceptors (Lipinski definition) is 3. The van der Waals surface area contributed by atoms with Crippen molar-refractivity contribution in [1.82, 2.24) is 0 Å². The molecule has 1 aliphatic rings. The maximum atomic E-state index is 9.37. The van der Waals surface area contributed by atoms with E-state index in [1.54, 1.807) is 0 Å². The smallest absolute Gasteiger partial charge is 0.0611 e. The van der Waals surface area contributed by atoms with Crippen LogP contribution in [0.25, 0.3) is 0 Å². The summed E-state index contributed by atoms with van der Waals surface area (Å²) in [7, 11) is 0. The van der Waals surface area contributed by atoms with Gasteiger partial charge in [-0.2, -0.15) is 0 Å². The molecule has 1 aliphatic carbocycles. The zero-order chi connectivity index (χ0) is 15.8. The lowest BCUT2D eigenvalue weighted by Gasteiger charge is -2.21. The Morgan fingerprint density at radius 3 is 2.64 bits per heavy atom. The van der Waals surface area contributed by atoms with Crippen LogP contribution in [0, 0.1) is 0 Å². The van der Waals surface area contributed by atoms with E-state index in [1.165, 1.54) is 24.0 Å². The minimum atomic E-state index is -0.357. The second-order valence-corrected chi connectivity index (χ2v) is 6.71. The minimum Gasteiger partial charge on any atom is -0.394 e. The van der Waals surface area contributed by atoms with Crippen molar-refractivity contribution >= 4 is 0 Å². The monoisotopic (exact) mass is 305 g/mol. The summed E-state index contributed by atoms with van der Waals surface area (Å²) in [6.07, 6.45) is 7.69. The van der Waals surface area contributed by atoms with E-state index in [4.69, 9.17) is 10.5 Å². The van der Waals surface area contributed by atoms with Gasteiger partial charge < -0.3 is 15.6 Å². The third kappa shape index (κ3) is 5.08. The van der Waals surface area contributed by atoms with Gasteiger partial charge in [-0.3, -0.25) is 0 Å². The Morgan fingerprint density at radius 1 is 1.23 bits per heavy atom. The fourth-order valence-electron chi connectivity index (χ4n) is 3.40. The molecule has 3 nitrogen and oxygen atoms in total. The highest BCUT2D eigenvalue weighted by atomic mass is 16.5. The zero-order valence-corrected chi connectivity index (χ0v) is 13.9. The van der Waals surface area contributed by atoms with Gasteiger partial charge in [-0.05, 0) is 62.5 Å². The summed E-state index contributed by atoms with van der Waals surface area (Å²) in [5.41, 5.74) is 8.61. The molecule has 0 bridgehead atoms. The number of unbranched alkanes of at least 4 members (excludes halogenated alkanes) is 2. The van der Waals surface area contributed by atoms with Crippen LogP contribution in [0.5, 0.6) is 0 Å². The van der Waals surface area contributed by atoms with Gasteiger partial charge in [0.25, 0.3) is 0 Å². The highest BCUT2D eigenvalue weighted by Gasteiger charge is 2.35. The van der Waals surface area contributed by atoms with Crippen LogP contribution in [0.4, 0.5) is 0 Å². The molecule has 0 heterocycles. The zero-order valence-electron chi connectivity index (χ0n) is 13.9. The normalized spacial score (nSPS) is 24.8. The van der Waals surface area contributed by atoms with Crippen LogP contribution < -0.4 is 5.73 Å². The Balaban J connectivity index is 1.74. The van der Waals surface area contributed by atoms with Crippen molar-refractivity contribution in [3.8, 4) is 0 Å². The van der Waals surface area contributed by atoms with Crippen molar-refractivity contribution in [1.29, 1.82) is 0 Å². The number of rotatable bonds is 9. The molecule has 2 rings (SSSR count). The second-order valence-electron chi connectivity index (χ2n) is 6.71. The molecule has 0 unspecified atom stereocenters. The van der Waals surface area contributed by atoms with Crippen LogP contribution in [-0.2, 0) is 11.2 Å². The predicted molar refractivity (Wildman–Crippen MR) is 91.1 cm³/mol. The number of aliphatic hydroxyl groups is 1. The molecule has 1 fully saturated rings. The third-order valence-electron chi connectivity index (χ3n) is 4.87. The summed E-state index contributed by atoms with van der Waals surface area (Å²) in [4.78, 5) is 0. The molecule has 1 aromatic rings. The average Bonchev–Trinajstić information content (AvgIpc) is 2.94. The number of nitrogens with two attached hydrogens (primary N) is 1. The van der Waals surface area contributed by atoms with Crippen LogP contribution in [0.15, 0.2) is 24.3 Å². The maximum Gasteiger partial charge on any atom is 0.0611 e. The molecule has 0 radical (unpaired) electrons. The van der Waals surface area contributed by atoms with Crippen LogP contribution in [0.1, 0.15) is 62.5 Å². The fraction of sp³-hybridized carbons (Fsp3) is 0.684. The Labute approximate surface area is 134 Å². The van der Waals surface area contributed by atoms with E-state index in [0.717, 1.165) is 45.3 Å². The van der Waals surface area contributed by atoms with Gasteiger partial charge in [0, 0.05) is 18.8 Å². The molecule has 22 heavy (non-hydrogen) atoms. The molecule has 0 spiro atoms. The highest BCUT2D eigenvalue weighted by Crippen LogP contribution is 2.39. The first kappa shape index (κ1) is 17.5. The van der Waals surface area contributed by atoms with E-state index in [1.807, 2.05) is 6.92 Å². The molecular formula is C19H31NO2. The molecule has 3 heteroatoms. The molecule has 1 aromatic carbocycles. The van der Waals surface area contributed by atoms with Crippen molar-refractivity contribution < 1.29 is 9.84 Å². The lowest BCUT2D eigenvalue weighted by Crippen LogP contribution is -2.40. The van der Waals surface area contributed by atoms with Crippen molar-refractivity contribution in [3.05, 3.63) is 35.4 Å². The van der Waals surface area contributed by atoms with Crippen LogP contribution in [0.2, 0.25) is 0 Å². The van der Waals surface area contributed by atoms with E-state index in [-0.39, 0.29) is 12.1 Å². The number of aryl methyl sites for hydroxylation is 1. The number of benzene rings is 1. The predicted octanol–water partition coefficient (Wildman–Crippen LogP) is 3.39. The molecule has 0 saturated heterocycles. The summed E-state index contributed by atoms with van der Waals surface area (Å²) in [6.45, 7) is 3.86. The Morgan fingerprint density at radius 2 is 2.00 bits per heavy atom. The molecule has 0 aliphatic heterocycles. The molecular weight excluding hydrogens is 274 g/mol. The summed E-state index contributed by atoms with van der Waals surface area (Å²) < 4.78 is 5.36. The van der Waals surface area contributed by atoms with E-state index >= 15 is 0 Å². The van der Waals surface area contributed by atoms with Crippen LogP contribution in [-0.4, -0.2) is 30.5 Å². The Hall–Kier alpha value is -0.900. The van der Waals surface area contributed by atoms with Crippen LogP contribution >= 0.6 is 0 Å². The van der Waals surface area contributed by atoms with E-state index in [2.05, 4.69) is 24.3 Å². The van der Waals surface area contributed by atoms with Gasteiger partial charge in [0.1, 0.15) is 0 Å². The van der Waals surface area contributed by atoms with Gasteiger partial charge in [-0.1, -0.05) is 30.7 Å². The largest absolute Gasteiger partial charge is 0.394 e. The number of aliphatic hydroxyl groups excluding tert-OH is 1. The second kappa shape index (κ2) is 8.66. The van der Waals surface area contributed by atoms with E-state index < -0.39 is 0 Å². The topological polar surface area (TPSA) is 55.5 Å². The minimum absolute atomic E-state index is 0.101. The maximum absolute atomic E-state index is 9.37. The third-order valence-corrected chi connectivity index (χ3v) is 4.87. The SMILES string of the molecule is CCOCCCCCc1ccc([C@@H]2CC[C@](N)(CO)C2)cc1. The Bertz CT molecular complexity index is 432. The highest BCUT2D eigenvalue weighted by molar-refractivity contribution is 5.27. The fourth-order valence-corrected chi connectivity index (χ4v) is 3.40. The van der Waals surface area contributed by atoms with E-state index in [0.29, 0.717) is 5.92 Å².